The molecule has 3 aromatic rings. The van der Waals surface area contributed by atoms with Crippen LogP contribution in [-0.4, -0.2) is 46.6 Å². The number of hydrogen-bond acceptors (Lipinski definition) is 6. The fourth-order valence-corrected chi connectivity index (χ4v) is 18.9. The summed E-state index contributed by atoms with van der Waals surface area (Å²) in [5.41, 5.74) is -0.323. The molecule has 0 bridgehead atoms. The fraction of sp³-hybridized carbons (Fsp3) is 0.355. The van der Waals surface area contributed by atoms with Crippen LogP contribution in [0.4, 0.5) is 0 Å². The number of alkyl halides is 1. The van der Waals surface area contributed by atoms with Crippen LogP contribution in [0.25, 0.3) is 0 Å². The molecule has 1 fully saturated rings. The monoisotopic (exact) mass is 711 g/mol. The van der Waals surface area contributed by atoms with Crippen LogP contribution in [0.1, 0.15) is 40.0 Å². The van der Waals surface area contributed by atoms with Gasteiger partial charge in [0.15, 0.2) is 0 Å². The van der Waals surface area contributed by atoms with Crippen molar-refractivity contribution in [3.63, 3.8) is 0 Å². The molecule has 0 amide bonds. The van der Waals surface area contributed by atoms with E-state index < -0.39 is 61.4 Å². The van der Waals surface area contributed by atoms with Gasteiger partial charge in [0.05, 0.1) is 0 Å². The van der Waals surface area contributed by atoms with Crippen LogP contribution in [0.15, 0.2) is 99.6 Å². The number of benzene rings is 3. The van der Waals surface area contributed by atoms with Crippen LogP contribution in [0.2, 0.25) is 0 Å². The van der Waals surface area contributed by atoms with Crippen LogP contribution in [0.5, 0.6) is 5.75 Å². The maximum atomic E-state index is 12.9. The molecule has 0 aliphatic heterocycles. The number of hydrogen-bond donors (Lipinski definition) is 1. The summed E-state index contributed by atoms with van der Waals surface area (Å²) in [7, 11) is -5.98. The van der Waals surface area contributed by atoms with Gasteiger partial charge in [0, 0.05) is 0 Å². The van der Waals surface area contributed by atoms with Gasteiger partial charge < -0.3 is 0 Å². The van der Waals surface area contributed by atoms with Gasteiger partial charge in [-0.25, -0.2) is 0 Å². The summed E-state index contributed by atoms with van der Waals surface area (Å²) in [6.45, 7) is 5.58. The Labute approximate surface area is 252 Å². The fourth-order valence-electron chi connectivity index (χ4n) is 4.65. The molecule has 0 aromatic heterocycles. The topological polar surface area (TPSA) is 107 Å². The maximum absolute atomic E-state index is 12.9. The SMILES string of the molecule is CC(C)(C)Oc1ccc(S([I-]C2CCC(=O)[C@H](C(=O)OCCS(=O)(=O)O)C2)(c2ccccc2)c2ccccc2)cc1. The molecule has 1 aliphatic carbocycles. The van der Waals surface area contributed by atoms with Crippen molar-refractivity contribution in [1.29, 1.82) is 0 Å². The van der Waals surface area contributed by atoms with E-state index in [2.05, 4.69) is 60.7 Å². The second kappa shape index (κ2) is 13.3. The minimum atomic E-state index is -4.27. The van der Waals surface area contributed by atoms with Crippen molar-refractivity contribution in [2.24, 2.45) is 5.92 Å². The van der Waals surface area contributed by atoms with E-state index >= 15 is 0 Å². The summed E-state index contributed by atoms with van der Waals surface area (Å²) in [4.78, 5) is 29.3. The first-order valence-electron chi connectivity index (χ1n) is 13.4. The summed E-state index contributed by atoms with van der Waals surface area (Å²) in [6, 6.07) is 29.3. The quantitative estimate of drug-likeness (QED) is 0.113. The third-order valence-electron chi connectivity index (χ3n) is 6.42. The van der Waals surface area contributed by atoms with E-state index in [1.807, 2.05) is 45.0 Å². The molecule has 222 valence electrons. The number of Topliss-reactive ketones (excluding diaryl/α,β-unsaturated/α-hetero) is 1. The second-order valence-electron chi connectivity index (χ2n) is 10.8. The number of carbonyl (C=O) groups is 2. The average molecular weight is 712 g/mol. The Hall–Kier alpha value is -2.41. The van der Waals surface area contributed by atoms with E-state index in [0.717, 1.165) is 5.75 Å². The van der Waals surface area contributed by atoms with Crippen LogP contribution >= 0.6 is 7.20 Å². The molecular formula is C31H36IO7S2-. The molecule has 1 aliphatic rings. The van der Waals surface area contributed by atoms with E-state index in [0.29, 0.717) is 12.8 Å². The third-order valence-corrected chi connectivity index (χ3v) is 20.5. The van der Waals surface area contributed by atoms with Gasteiger partial charge in [-0.1, -0.05) is 0 Å². The Morgan fingerprint density at radius 3 is 1.95 bits per heavy atom. The van der Waals surface area contributed by atoms with Gasteiger partial charge in [-0.2, -0.15) is 0 Å². The van der Waals surface area contributed by atoms with E-state index in [1.165, 1.54) is 14.7 Å². The van der Waals surface area contributed by atoms with Gasteiger partial charge in [-0.15, -0.1) is 0 Å². The molecule has 0 radical (unpaired) electrons. The number of ether oxygens (including phenoxy) is 2. The van der Waals surface area contributed by atoms with E-state index in [4.69, 9.17) is 14.0 Å². The number of ketones is 1. The summed E-state index contributed by atoms with van der Waals surface area (Å²) in [6.07, 6.45) is 1.34. The van der Waals surface area contributed by atoms with Crippen molar-refractivity contribution in [3.05, 3.63) is 84.9 Å². The van der Waals surface area contributed by atoms with Crippen LogP contribution in [-0.2, 0) is 24.4 Å². The summed E-state index contributed by atoms with van der Waals surface area (Å²) < 4.78 is 42.5. The number of halogens is 1. The zero-order chi connectivity index (χ0) is 29.7. The van der Waals surface area contributed by atoms with Crippen molar-refractivity contribution in [2.75, 3.05) is 12.4 Å². The van der Waals surface area contributed by atoms with Crippen LogP contribution < -0.4 is 24.6 Å². The van der Waals surface area contributed by atoms with Gasteiger partial charge in [-0.05, 0) is 0 Å². The minimum absolute atomic E-state index is 0.145. The zero-order valence-corrected chi connectivity index (χ0v) is 27.2. The van der Waals surface area contributed by atoms with E-state index in [1.54, 1.807) is 0 Å². The Bertz CT molecular complexity index is 1400. The number of esters is 1. The number of carbonyl (C=O) groups excluding carboxylic acids is 2. The van der Waals surface area contributed by atoms with Gasteiger partial charge in [0.25, 0.3) is 0 Å². The summed E-state index contributed by atoms with van der Waals surface area (Å²) >= 11 is -0.680. The number of rotatable bonds is 10. The van der Waals surface area contributed by atoms with Crippen molar-refractivity contribution in [3.8, 4) is 5.75 Å². The van der Waals surface area contributed by atoms with Crippen molar-refractivity contribution in [2.45, 2.75) is 64.2 Å². The first-order valence-corrected chi connectivity index (χ1v) is 20.4. The molecule has 1 N–H and O–H groups in total. The molecule has 10 heteroatoms. The average Bonchev–Trinajstić information content (AvgIpc) is 2.92. The van der Waals surface area contributed by atoms with E-state index in [9.17, 15) is 18.0 Å². The second-order valence-corrected chi connectivity index (χ2v) is 22.3. The molecule has 0 spiro atoms. The van der Waals surface area contributed by atoms with Crippen molar-refractivity contribution >= 4 is 29.1 Å². The Morgan fingerprint density at radius 2 is 1.44 bits per heavy atom. The van der Waals surface area contributed by atoms with E-state index in [-0.39, 0.29) is 21.7 Å². The zero-order valence-electron chi connectivity index (χ0n) is 23.4. The molecule has 2 atom stereocenters. The predicted molar refractivity (Wildman–Crippen MR) is 156 cm³/mol. The molecule has 1 saturated carbocycles. The van der Waals surface area contributed by atoms with Crippen molar-refractivity contribution < 1.29 is 51.9 Å². The molecule has 4 rings (SSSR count). The van der Waals surface area contributed by atoms with Gasteiger partial charge in [0.2, 0.25) is 0 Å². The molecule has 0 heterocycles. The first kappa shape index (κ1) is 31.5. The van der Waals surface area contributed by atoms with Crippen LogP contribution in [0, 0.1) is 5.92 Å². The van der Waals surface area contributed by atoms with Crippen molar-refractivity contribution in [1.82, 2.24) is 0 Å². The van der Waals surface area contributed by atoms with Gasteiger partial charge >= 0.3 is 254 Å². The molecular weight excluding hydrogens is 675 g/mol. The van der Waals surface area contributed by atoms with Crippen LogP contribution in [0.3, 0.4) is 0 Å². The Kier molecular flexibility index (Phi) is 10.2. The molecule has 7 nitrogen and oxygen atoms in total. The molecule has 0 saturated heterocycles. The molecule has 3 aromatic carbocycles. The van der Waals surface area contributed by atoms with Gasteiger partial charge in [0.1, 0.15) is 0 Å². The Morgan fingerprint density at radius 1 is 0.902 bits per heavy atom. The standard InChI is InChI=1S/C31H36IO7S2/c1-31(2,3)39-24-15-17-27(18-16-24)41(25-10-6-4-7-11-25,26-12-8-5-9-13-26)32-23-14-19-29(33)28(22-23)30(34)38-20-21-40(35,36)37/h4-13,15-18,23,28H,14,19-22H2,1-3H3,(H,35,36,37)/q-1/t23?,28-/m1/s1. The summed E-state index contributed by atoms with van der Waals surface area (Å²) in [5.74, 6) is -1.71. The first-order chi connectivity index (χ1) is 19.4. The normalized spacial score (nSPS) is 18.6. The third kappa shape index (κ3) is 8.33. The molecule has 1 unspecified atom stereocenters. The summed E-state index contributed by atoms with van der Waals surface area (Å²) in [5, 5.41) is 0. The Balaban J connectivity index is 1.71. The predicted octanol–water partition coefficient (Wildman–Crippen LogP) is 3.32. The van der Waals surface area contributed by atoms with Gasteiger partial charge in [-0.3, -0.25) is 0 Å². The molecule has 41 heavy (non-hydrogen) atoms.